The minimum atomic E-state index is -4.05. The molecule has 0 aromatic heterocycles. The van der Waals surface area contributed by atoms with Crippen molar-refractivity contribution in [2.45, 2.75) is 11.3 Å². The Morgan fingerprint density at radius 3 is 2.50 bits per heavy atom. The summed E-state index contributed by atoms with van der Waals surface area (Å²) in [6, 6.07) is 2.22. The van der Waals surface area contributed by atoms with Crippen molar-refractivity contribution in [3.05, 3.63) is 27.7 Å². The lowest BCUT2D eigenvalue weighted by Gasteiger charge is -2.09. The normalized spacial score (nSPS) is 11.4. The molecule has 0 aliphatic rings. The maximum atomic E-state index is 11.9. The van der Waals surface area contributed by atoms with Crippen LogP contribution in [0.1, 0.15) is 16.8 Å². The summed E-state index contributed by atoms with van der Waals surface area (Å²) < 4.78 is 27.5. The quantitative estimate of drug-likeness (QED) is 0.625. The van der Waals surface area contributed by atoms with Crippen LogP contribution in [0.5, 0.6) is 0 Å². The van der Waals surface area contributed by atoms with E-state index in [1.54, 1.807) is 7.11 Å². The van der Waals surface area contributed by atoms with Gasteiger partial charge >= 0.3 is 0 Å². The minimum Gasteiger partial charge on any atom is -0.385 e. The van der Waals surface area contributed by atoms with Crippen molar-refractivity contribution in [1.29, 1.82) is 0 Å². The fourth-order valence-electron chi connectivity index (χ4n) is 1.40. The molecule has 0 unspecified atom stereocenters. The van der Waals surface area contributed by atoms with Crippen molar-refractivity contribution in [2.24, 2.45) is 0 Å². The first kappa shape index (κ1) is 17.5. The fourth-order valence-corrected chi connectivity index (χ4v) is 3.23. The van der Waals surface area contributed by atoms with Crippen LogP contribution < -0.4 is 5.32 Å². The molecule has 0 saturated carbocycles. The molecule has 0 atom stereocenters. The van der Waals surface area contributed by atoms with E-state index >= 15 is 0 Å². The molecule has 20 heavy (non-hydrogen) atoms. The first-order valence-corrected chi connectivity index (χ1v) is 8.54. The maximum Gasteiger partial charge on any atom is 0.262 e. The largest absolute Gasteiger partial charge is 0.385 e. The molecule has 0 aliphatic heterocycles. The van der Waals surface area contributed by atoms with Crippen molar-refractivity contribution in [2.75, 3.05) is 20.3 Å². The monoisotopic (exact) mass is 359 g/mol. The Morgan fingerprint density at radius 2 is 1.95 bits per heavy atom. The summed E-state index contributed by atoms with van der Waals surface area (Å²) in [5, 5.41) is 2.50. The highest BCUT2D eigenvalue weighted by Crippen LogP contribution is 2.30. The van der Waals surface area contributed by atoms with Crippen LogP contribution in [0, 0.1) is 0 Å². The standard InChI is InChI=1S/C11H12Cl3NO4S/c1-19-4-2-3-15-11(16)7-5-10(20(14,17)18)9(13)6-8(7)12/h5-6H,2-4H2,1H3,(H,15,16). The summed E-state index contributed by atoms with van der Waals surface area (Å²) in [4.78, 5) is 11.5. The smallest absolute Gasteiger partial charge is 0.262 e. The third kappa shape index (κ3) is 4.79. The molecule has 0 spiro atoms. The van der Waals surface area contributed by atoms with E-state index in [1.807, 2.05) is 0 Å². The van der Waals surface area contributed by atoms with Crippen LogP contribution in [0.3, 0.4) is 0 Å². The molecule has 9 heteroatoms. The molecule has 0 heterocycles. The number of nitrogens with one attached hydrogen (secondary N) is 1. The second-order valence-corrected chi connectivity index (χ2v) is 7.15. The summed E-state index contributed by atoms with van der Waals surface area (Å²) in [6.07, 6.45) is 0.619. The van der Waals surface area contributed by atoms with E-state index in [9.17, 15) is 13.2 Å². The van der Waals surface area contributed by atoms with Gasteiger partial charge in [0.05, 0.1) is 15.6 Å². The Morgan fingerprint density at radius 1 is 1.30 bits per heavy atom. The predicted octanol–water partition coefficient (Wildman–Crippen LogP) is 2.69. The summed E-state index contributed by atoms with van der Waals surface area (Å²) in [6.45, 7) is 0.866. The van der Waals surface area contributed by atoms with Crippen LogP contribution in [0.15, 0.2) is 17.0 Å². The van der Waals surface area contributed by atoms with Crippen LogP contribution in [-0.2, 0) is 13.8 Å². The molecular weight excluding hydrogens is 349 g/mol. The number of carbonyl (C=O) groups excluding carboxylic acids is 1. The Balaban J connectivity index is 2.98. The summed E-state index contributed by atoms with van der Waals surface area (Å²) >= 11 is 11.6. The van der Waals surface area contributed by atoms with E-state index in [2.05, 4.69) is 5.32 Å². The van der Waals surface area contributed by atoms with E-state index in [0.717, 1.165) is 6.07 Å². The number of rotatable bonds is 6. The lowest BCUT2D eigenvalue weighted by atomic mass is 10.2. The van der Waals surface area contributed by atoms with Crippen molar-refractivity contribution in [1.82, 2.24) is 5.32 Å². The second-order valence-electron chi connectivity index (χ2n) is 3.80. The molecule has 1 rings (SSSR count). The van der Waals surface area contributed by atoms with Crippen LogP contribution in [0.25, 0.3) is 0 Å². The summed E-state index contributed by atoms with van der Waals surface area (Å²) in [5.74, 6) is -0.510. The molecule has 0 aliphatic carbocycles. The van der Waals surface area contributed by atoms with Gasteiger partial charge in [-0.25, -0.2) is 8.42 Å². The Kier molecular flexibility index (Phi) is 6.54. The lowest BCUT2D eigenvalue weighted by molar-refractivity contribution is 0.0948. The van der Waals surface area contributed by atoms with E-state index < -0.39 is 15.0 Å². The zero-order chi connectivity index (χ0) is 15.3. The van der Waals surface area contributed by atoms with Gasteiger partial charge in [-0.05, 0) is 18.6 Å². The van der Waals surface area contributed by atoms with Gasteiger partial charge in [0.15, 0.2) is 0 Å². The molecule has 0 radical (unpaired) electrons. The van der Waals surface area contributed by atoms with Crippen LogP contribution in [0.2, 0.25) is 10.0 Å². The SMILES string of the molecule is COCCCNC(=O)c1cc(S(=O)(=O)Cl)c(Cl)cc1Cl. The van der Waals surface area contributed by atoms with Crippen molar-refractivity contribution >= 4 is 48.8 Å². The van der Waals surface area contributed by atoms with Crippen LogP contribution in [0.4, 0.5) is 0 Å². The highest BCUT2D eigenvalue weighted by Gasteiger charge is 2.20. The van der Waals surface area contributed by atoms with Gasteiger partial charge in [0.1, 0.15) is 4.90 Å². The topological polar surface area (TPSA) is 72.5 Å². The molecule has 112 valence electrons. The van der Waals surface area contributed by atoms with Gasteiger partial charge in [0.25, 0.3) is 15.0 Å². The van der Waals surface area contributed by atoms with Gasteiger partial charge in [-0.1, -0.05) is 23.2 Å². The third-order valence-corrected chi connectivity index (χ3v) is 4.44. The lowest BCUT2D eigenvalue weighted by Crippen LogP contribution is -2.25. The molecule has 0 saturated heterocycles. The van der Waals surface area contributed by atoms with Crippen molar-refractivity contribution in [3.8, 4) is 0 Å². The number of hydrogen-bond donors (Lipinski definition) is 1. The summed E-state index contributed by atoms with van der Waals surface area (Å²) in [5.41, 5.74) is -0.00675. The average Bonchev–Trinajstić information content (AvgIpc) is 2.32. The molecule has 5 nitrogen and oxygen atoms in total. The zero-order valence-electron chi connectivity index (χ0n) is 10.5. The second kappa shape index (κ2) is 7.47. The zero-order valence-corrected chi connectivity index (χ0v) is 13.5. The van der Waals surface area contributed by atoms with Crippen LogP contribution >= 0.6 is 33.9 Å². The van der Waals surface area contributed by atoms with Gasteiger partial charge in [-0.2, -0.15) is 0 Å². The third-order valence-electron chi connectivity index (χ3n) is 2.34. The number of hydrogen-bond acceptors (Lipinski definition) is 4. The molecule has 0 bridgehead atoms. The van der Waals surface area contributed by atoms with Crippen LogP contribution in [-0.4, -0.2) is 34.6 Å². The Labute approximate surface area is 131 Å². The van der Waals surface area contributed by atoms with Gasteiger partial charge in [0.2, 0.25) is 0 Å². The molecule has 1 aromatic rings. The molecule has 0 fully saturated rings. The first-order valence-electron chi connectivity index (χ1n) is 5.48. The average molecular weight is 361 g/mol. The molecule has 1 aromatic carbocycles. The van der Waals surface area contributed by atoms with E-state index in [1.165, 1.54) is 6.07 Å². The predicted molar refractivity (Wildman–Crippen MR) is 78.3 cm³/mol. The van der Waals surface area contributed by atoms with Crippen molar-refractivity contribution < 1.29 is 17.9 Å². The highest BCUT2D eigenvalue weighted by atomic mass is 35.7. The van der Waals surface area contributed by atoms with Gasteiger partial charge in [0, 0.05) is 30.9 Å². The fraction of sp³-hybridized carbons (Fsp3) is 0.364. The Hall–Kier alpha value is -0.530. The number of ether oxygens (including phenoxy) is 1. The van der Waals surface area contributed by atoms with Crippen molar-refractivity contribution in [3.63, 3.8) is 0 Å². The van der Waals surface area contributed by atoms with Gasteiger partial charge in [-0.3, -0.25) is 4.79 Å². The Bertz CT molecular complexity index is 604. The number of carbonyl (C=O) groups is 1. The number of methoxy groups -OCH3 is 1. The first-order chi connectivity index (χ1) is 9.27. The minimum absolute atomic E-state index is 0.00675. The van der Waals surface area contributed by atoms with E-state index in [-0.39, 0.29) is 20.5 Å². The molecular formula is C11H12Cl3NO4S. The van der Waals surface area contributed by atoms with Gasteiger partial charge < -0.3 is 10.1 Å². The van der Waals surface area contributed by atoms with Gasteiger partial charge in [-0.15, -0.1) is 0 Å². The maximum absolute atomic E-state index is 11.9. The summed E-state index contributed by atoms with van der Waals surface area (Å²) in [7, 11) is 2.73. The van der Waals surface area contributed by atoms with E-state index in [4.69, 9.17) is 38.6 Å². The van der Waals surface area contributed by atoms with E-state index in [0.29, 0.717) is 19.6 Å². The number of benzene rings is 1. The highest BCUT2D eigenvalue weighted by molar-refractivity contribution is 8.13. The number of amides is 1. The molecule has 1 amide bonds. The number of halogens is 3. The molecule has 1 N–H and O–H groups in total.